The molecule has 0 radical (unpaired) electrons. The minimum atomic E-state index is 0.0224. The Hall–Kier alpha value is -1.81. The Labute approximate surface area is 117 Å². The maximum atomic E-state index is 12.0. The first-order valence-corrected chi connectivity index (χ1v) is 7.02. The SMILES string of the molecule is COc1cccc(CC(=O)NC(C)c2cccs2)c1. The highest BCUT2D eigenvalue weighted by Gasteiger charge is 2.11. The summed E-state index contributed by atoms with van der Waals surface area (Å²) in [5, 5.41) is 5.01. The fraction of sp³-hybridized carbons (Fsp3) is 0.267. The molecule has 0 fully saturated rings. The van der Waals surface area contributed by atoms with Crippen LogP contribution in [0.1, 0.15) is 23.4 Å². The van der Waals surface area contributed by atoms with Crippen molar-refractivity contribution in [3.63, 3.8) is 0 Å². The zero-order valence-corrected chi connectivity index (χ0v) is 11.9. The van der Waals surface area contributed by atoms with Crippen LogP contribution >= 0.6 is 11.3 Å². The van der Waals surface area contributed by atoms with Crippen molar-refractivity contribution >= 4 is 17.2 Å². The van der Waals surface area contributed by atoms with Gasteiger partial charge in [-0.15, -0.1) is 11.3 Å². The van der Waals surface area contributed by atoms with E-state index in [0.717, 1.165) is 11.3 Å². The van der Waals surface area contributed by atoms with Gasteiger partial charge in [-0.1, -0.05) is 18.2 Å². The first-order chi connectivity index (χ1) is 9.19. The minimum absolute atomic E-state index is 0.0224. The van der Waals surface area contributed by atoms with Gasteiger partial charge in [0.15, 0.2) is 0 Å². The summed E-state index contributed by atoms with van der Waals surface area (Å²) in [5.41, 5.74) is 0.954. The van der Waals surface area contributed by atoms with E-state index in [1.165, 1.54) is 4.88 Å². The van der Waals surface area contributed by atoms with Gasteiger partial charge in [-0.25, -0.2) is 0 Å². The molecule has 1 N–H and O–H groups in total. The van der Waals surface area contributed by atoms with Gasteiger partial charge in [0, 0.05) is 4.88 Å². The van der Waals surface area contributed by atoms with E-state index in [1.54, 1.807) is 18.4 Å². The standard InChI is InChI=1S/C15H17NO2S/c1-11(14-7-4-8-19-14)16-15(17)10-12-5-3-6-13(9-12)18-2/h3-9,11H,10H2,1-2H3,(H,16,17). The molecule has 1 atom stereocenters. The summed E-state index contributed by atoms with van der Waals surface area (Å²) in [6.07, 6.45) is 0.368. The Balaban J connectivity index is 1.93. The van der Waals surface area contributed by atoms with Crippen molar-refractivity contribution in [2.45, 2.75) is 19.4 Å². The molecule has 1 unspecified atom stereocenters. The van der Waals surface area contributed by atoms with Crippen LogP contribution in [-0.2, 0) is 11.2 Å². The van der Waals surface area contributed by atoms with Gasteiger partial charge >= 0.3 is 0 Å². The molecule has 2 rings (SSSR count). The number of hydrogen-bond acceptors (Lipinski definition) is 3. The summed E-state index contributed by atoms with van der Waals surface area (Å²) in [6, 6.07) is 11.7. The zero-order chi connectivity index (χ0) is 13.7. The van der Waals surface area contributed by atoms with E-state index in [0.29, 0.717) is 6.42 Å². The lowest BCUT2D eigenvalue weighted by Crippen LogP contribution is -2.27. The molecular formula is C15H17NO2S. The highest BCUT2D eigenvalue weighted by atomic mass is 32.1. The van der Waals surface area contributed by atoms with Gasteiger partial charge in [0.05, 0.1) is 19.6 Å². The number of ether oxygens (including phenoxy) is 1. The average Bonchev–Trinajstić information content (AvgIpc) is 2.92. The molecule has 4 heteroatoms. The monoisotopic (exact) mass is 275 g/mol. The summed E-state index contributed by atoms with van der Waals surface area (Å²) in [4.78, 5) is 13.1. The lowest BCUT2D eigenvalue weighted by Gasteiger charge is -2.12. The van der Waals surface area contributed by atoms with Crippen LogP contribution in [0.3, 0.4) is 0 Å². The van der Waals surface area contributed by atoms with Crippen LogP contribution < -0.4 is 10.1 Å². The summed E-state index contributed by atoms with van der Waals surface area (Å²) >= 11 is 1.65. The summed E-state index contributed by atoms with van der Waals surface area (Å²) in [6.45, 7) is 2.00. The molecule has 1 aromatic carbocycles. The predicted octanol–water partition coefficient (Wildman–Crippen LogP) is 3.18. The first-order valence-electron chi connectivity index (χ1n) is 6.14. The second-order valence-corrected chi connectivity index (χ2v) is 5.31. The smallest absolute Gasteiger partial charge is 0.224 e. The van der Waals surface area contributed by atoms with Crippen LogP contribution in [-0.4, -0.2) is 13.0 Å². The van der Waals surface area contributed by atoms with E-state index in [9.17, 15) is 4.79 Å². The molecule has 1 heterocycles. The van der Waals surface area contributed by atoms with Crippen LogP contribution in [0.2, 0.25) is 0 Å². The minimum Gasteiger partial charge on any atom is -0.497 e. The Morgan fingerprint density at radius 3 is 2.89 bits per heavy atom. The maximum Gasteiger partial charge on any atom is 0.224 e. The van der Waals surface area contributed by atoms with Gasteiger partial charge in [-0.3, -0.25) is 4.79 Å². The van der Waals surface area contributed by atoms with Crippen molar-refractivity contribution in [3.05, 3.63) is 52.2 Å². The Bertz CT molecular complexity index is 537. The van der Waals surface area contributed by atoms with Crippen LogP contribution in [0.4, 0.5) is 0 Å². The molecule has 0 aliphatic carbocycles. The van der Waals surface area contributed by atoms with E-state index in [-0.39, 0.29) is 11.9 Å². The molecule has 1 aromatic heterocycles. The molecule has 0 saturated heterocycles. The number of methoxy groups -OCH3 is 1. The average molecular weight is 275 g/mol. The molecule has 2 aromatic rings. The van der Waals surface area contributed by atoms with Gasteiger partial charge in [0.25, 0.3) is 0 Å². The third-order valence-corrected chi connectivity index (χ3v) is 3.90. The normalized spacial score (nSPS) is 11.9. The fourth-order valence-electron chi connectivity index (χ4n) is 1.87. The third-order valence-electron chi connectivity index (χ3n) is 2.85. The van der Waals surface area contributed by atoms with Gasteiger partial charge in [0.1, 0.15) is 5.75 Å². The summed E-state index contributed by atoms with van der Waals surface area (Å²) < 4.78 is 5.15. The zero-order valence-electron chi connectivity index (χ0n) is 11.1. The number of amides is 1. The second kappa shape index (κ2) is 6.38. The number of thiophene rings is 1. The van der Waals surface area contributed by atoms with E-state index >= 15 is 0 Å². The number of carbonyl (C=O) groups is 1. The molecule has 1 amide bonds. The highest BCUT2D eigenvalue weighted by Crippen LogP contribution is 2.18. The predicted molar refractivity (Wildman–Crippen MR) is 77.6 cm³/mol. The number of carbonyl (C=O) groups excluding carboxylic acids is 1. The van der Waals surface area contributed by atoms with Crippen LogP contribution in [0.15, 0.2) is 41.8 Å². The van der Waals surface area contributed by atoms with E-state index in [1.807, 2.05) is 48.7 Å². The maximum absolute atomic E-state index is 12.0. The van der Waals surface area contributed by atoms with Crippen molar-refractivity contribution in [2.24, 2.45) is 0 Å². The molecule has 100 valence electrons. The largest absolute Gasteiger partial charge is 0.497 e. The number of rotatable bonds is 5. The van der Waals surface area contributed by atoms with Crippen molar-refractivity contribution in [1.82, 2.24) is 5.32 Å². The molecule has 0 spiro atoms. The highest BCUT2D eigenvalue weighted by molar-refractivity contribution is 7.10. The second-order valence-electron chi connectivity index (χ2n) is 4.33. The third kappa shape index (κ3) is 3.83. The van der Waals surface area contributed by atoms with Gasteiger partial charge in [0.2, 0.25) is 5.91 Å². The van der Waals surface area contributed by atoms with Crippen LogP contribution in [0.25, 0.3) is 0 Å². The van der Waals surface area contributed by atoms with E-state index in [2.05, 4.69) is 5.32 Å². The number of hydrogen-bond donors (Lipinski definition) is 1. The molecule has 3 nitrogen and oxygen atoms in total. The number of nitrogens with one attached hydrogen (secondary N) is 1. The van der Waals surface area contributed by atoms with Crippen molar-refractivity contribution in [2.75, 3.05) is 7.11 Å². The molecular weight excluding hydrogens is 258 g/mol. The molecule has 19 heavy (non-hydrogen) atoms. The van der Waals surface area contributed by atoms with Gasteiger partial charge in [-0.2, -0.15) is 0 Å². The van der Waals surface area contributed by atoms with Gasteiger partial charge < -0.3 is 10.1 Å². The van der Waals surface area contributed by atoms with E-state index < -0.39 is 0 Å². The van der Waals surface area contributed by atoms with Crippen molar-refractivity contribution < 1.29 is 9.53 Å². The Morgan fingerprint density at radius 1 is 1.37 bits per heavy atom. The van der Waals surface area contributed by atoms with Crippen molar-refractivity contribution in [1.29, 1.82) is 0 Å². The van der Waals surface area contributed by atoms with Crippen LogP contribution in [0, 0.1) is 0 Å². The van der Waals surface area contributed by atoms with Crippen LogP contribution in [0.5, 0.6) is 5.75 Å². The lowest BCUT2D eigenvalue weighted by molar-refractivity contribution is -0.121. The van der Waals surface area contributed by atoms with Gasteiger partial charge in [-0.05, 0) is 36.1 Å². The quantitative estimate of drug-likeness (QED) is 0.910. The fourth-order valence-corrected chi connectivity index (χ4v) is 2.60. The molecule has 0 aliphatic heterocycles. The summed E-state index contributed by atoms with van der Waals surface area (Å²) in [7, 11) is 1.62. The Morgan fingerprint density at radius 2 is 2.21 bits per heavy atom. The molecule has 0 bridgehead atoms. The first kappa shape index (κ1) is 13.6. The lowest BCUT2D eigenvalue weighted by atomic mass is 10.1. The molecule has 0 aliphatic rings. The Kier molecular flexibility index (Phi) is 4.58. The molecule has 0 saturated carbocycles. The van der Waals surface area contributed by atoms with E-state index in [4.69, 9.17) is 4.74 Å². The summed E-state index contributed by atoms with van der Waals surface area (Å²) in [5.74, 6) is 0.797. The number of benzene rings is 1. The van der Waals surface area contributed by atoms with Crippen molar-refractivity contribution in [3.8, 4) is 5.75 Å². The topological polar surface area (TPSA) is 38.3 Å².